The number of carbonyl (C=O) groups is 1. The summed E-state index contributed by atoms with van der Waals surface area (Å²) in [6, 6.07) is 1.43. The summed E-state index contributed by atoms with van der Waals surface area (Å²) in [7, 11) is 0. The van der Waals surface area contributed by atoms with Crippen molar-refractivity contribution in [1.29, 1.82) is 0 Å². The van der Waals surface area contributed by atoms with Gasteiger partial charge in [0.15, 0.2) is 0 Å². The molecule has 1 rings (SSSR count). The van der Waals surface area contributed by atoms with E-state index in [4.69, 9.17) is 17.3 Å². The van der Waals surface area contributed by atoms with E-state index in [0.29, 0.717) is 5.69 Å². The number of aliphatic hydroxyl groups excluding tert-OH is 2. The summed E-state index contributed by atoms with van der Waals surface area (Å²) < 4.78 is 0. The second kappa shape index (κ2) is 5.81. The number of hydrogen-bond donors (Lipinski definition) is 4. The minimum Gasteiger partial charge on any atom is -0.397 e. The van der Waals surface area contributed by atoms with Gasteiger partial charge in [0.1, 0.15) is 17.4 Å². The number of anilines is 1. The molecule has 0 fully saturated rings. The highest BCUT2D eigenvalue weighted by Gasteiger charge is 2.21. The van der Waals surface area contributed by atoms with Gasteiger partial charge in [0, 0.05) is 19.0 Å². The van der Waals surface area contributed by atoms with Gasteiger partial charge in [-0.25, -0.2) is 4.98 Å². The summed E-state index contributed by atoms with van der Waals surface area (Å²) >= 11 is 5.77. The van der Waals surface area contributed by atoms with Crippen molar-refractivity contribution in [3.63, 3.8) is 0 Å². The Labute approximate surface area is 103 Å². The Morgan fingerprint density at radius 2 is 2.29 bits per heavy atom. The first-order valence-electron chi connectivity index (χ1n) is 4.93. The number of nitrogens with two attached hydrogens (primary N) is 1. The number of aliphatic hydroxyl groups is 2. The fourth-order valence-electron chi connectivity index (χ4n) is 1.26. The minimum atomic E-state index is -1.26. The van der Waals surface area contributed by atoms with Crippen molar-refractivity contribution in [1.82, 2.24) is 10.3 Å². The predicted octanol–water partition coefficient (Wildman–Crippen LogP) is -0.152. The molecule has 2 unspecified atom stereocenters. The normalized spacial score (nSPS) is 14.1. The predicted molar refractivity (Wildman–Crippen MR) is 63.3 cm³/mol. The van der Waals surface area contributed by atoms with Crippen LogP contribution < -0.4 is 11.1 Å². The van der Waals surface area contributed by atoms with Crippen molar-refractivity contribution in [2.24, 2.45) is 0 Å². The zero-order valence-corrected chi connectivity index (χ0v) is 9.98. The maximum atomic E-state index is 10.7. The lowest BCUT2D eigenvalue weighted by Crippen LogP contribution is -2.34. The SMILES string of the molecule is CC(=O)NCC(O)C(O)c1cc(N)cnc1Cl. The highest BCUT2D eigenvalue weighted by molar-refractivity contribution is 6.30. The fourth-order valence-corrected chi connectivity index (χ4v) is 1.47. The molecule has 0 aliphatic carbocycles. The summed E-state index contributed by atoms with van der Waals surface area (Å²) in [5.41, 5.74) is 6.06. The number of pyridine rings is 1. The average molecular weight is 260 g/mol. The molecular weight excluding hydrogens is 246 g/mol. The lowest BCUT2D eigenvalue weighted by Gasteiger charge is -2.19. The molecule has 0 bridgehead atoms. The number of nitrogens with one attached hydrogen (secondary N) is 1. The van der Waals surface area contributed by atoms with Crippen molar-refractivity contribution in [2.45, 2.75) is 19.1 Å². The van der Waals surface area contributed by atoms with Crippen LogP contribution in [0, 0.1) is 0 Å². The van der Waals surface area contributed by atoms with Gasteiger partial charge in [0.05, 0.1) is 11.9 Å². The Morgan fingerprint density at radius 1 is 1.65 bits per heavy atom. The Hall–Kier alpha value is -1.37. The number of amides is 1. The number of nitrogen functional groups attached to an aromatic ring is 1. The largest absolute Gasteiger partial charge is 0.397 e. The first-order chi connectivity index (χ1) is 7.91. The van der Waals surface area contributed by atoms with Crippen molar-refractivity contribution >= 4 is 23.2 Å². The number of aromatic nitrogens is 1. The maximum absolute atomic E-state index is 10.7. The first kappa shape index (κ1) is 13.7. The molecule has 0 aliphatic heterocycles. The molecule has 0 saturated heterocycles. The van der Waals surface area contributed by atoms with Crippen LogP contribution in [0.15, 0.2) is 12.3 Å². The Morgan fingerprint density at radius 3 is 2.88 bits per heavy atom. The standard InChI is InChI=1S/C10H14ClN3O3/c1-5(15)13-4-8(16)9(17)7-2-6(12)3-14-10(7)11/h2-3,8-9,16-17H,4,12H2,1H3,(H,13,15). The van der Waals surface area contributed by atoms with Crippen LogP contribution in [0.3, 0.4) is 0 Å². The van der Waals surface area contributed by atoms with E-state index in [0.717, 1.165) is 0 Å². The highest BCUT2D eigenvalue weighted by atomic mass is 35.5. The van der Waals surface area contributed by atoms with E-state index >= 15 is 0 Å². The van der Waals surface area contributed by atoms with Crippen molar-refractivity contribution in [3.8, 4) is 0 Å². The van der Waals surface area contributed by atoms with Crippen LogP contribution in [0.4, 0.5) is 5.69 Å². The summed E-state index contributed by atoms with van der Waals surface area (Å²) in [6.07, 6.45) is -1.09. The zero-order valence-electron chi connectivity index (χ0n) is 9.22. The molecule has 6 nitrogen and oxygen atoms in total. The van der Waals surface area contributed by atoms with Gasteiger partial charge in [0.25, 0.3) is 0 Å². The molecule has 0 spiro atoms. The molecule has 2 atom stereocenters. The van der Waals surface area contributed by atoms with Gasteiger partial charge in [-0.2, -0.15) is 0 Å². The molecule has 0 aliphatic rings. The monoisotopic (exact) mass is 259 g/mol. The van der Waals surface area contributed by atoms with Gasteiger partial charge in [0.2, 0.25) is 5.91 Å². The van der Waals surface area contributed by atoms with Gasteiger partial charge >= 0.3 is 0 Å². The zero-order chi connectivity index (χ0) is 13.0. The number of hydrogen-bond acceptors (Lipinski definition) is 5. The molecule has 0 saturated carbocycles. The number of nitrogens with zero attached hydrogens (tertiary/aromatic N) is 1. The molecule has 17 heavy (non-hydrogen) atoms. The van der Waals surface area contributed by atoms with Crippen molar-refractivity contribution in [2.75, 3.05) is 12.3 Å². The quantitative estimate of drug-likeness (QED) is 0.562. The summed E-state index contributed by atoms with van der Waals surface area (Å²) in [4.78, 5) is 14.4. The molecule has 5 N–H and O–H groups in total. The number of carbonyl (C=O) groups excluding carboxylic acids is 1. The van der Waals surface area contributed by atoms with Crippen LogP contribution in [0.25, 0.3) is 0 Å². The smallest absolute Gasteiger partial charge is 0.216 e. The van der Waals surface area contributed by atoms with Gasteiger partial charge in [-0.15, -0.1) is 0 Å². The Bertz CT molecular complexity index is 414. The Balaban J connectivity index is 2.77. The molecule has 1 amide bonds. The van der Waals surface area contributed by atoms with Crippen molar-refractivity contribution < 1.29 is 15.0 Å². The van der Waals surface area contributed by atoms with Gasteiger partial charge in [-0.1, -0.05) is 11.6 Å². The van der Waals surface area contributed by atoms with Crippen molar-refractivity contribution in [3.05, 3.63) is 23.0 Å². The molecule has 1 aromatic heterocycles. The van der Waals surface area contributed by atoms with Gasteiger partial charge in [-0.05, 0) is 6.07 Å². The molecule has 94 valence electrons. The van der Waals surface area contributed by atoms with Crippen LogP contribution >= 0.6 is 11.6 Å². The summed E-state index contributed by atoms with van der Waals surface area (Å²) in [5.74, 6) is -0.298. The Kier molecular flexibility index (Phi) is 4.68. The second-order valence-corrected chi connectivity index (χ2v) is 3.96. The lowest BCUT2D eigenvalue weighted by molar-refractivity contribution is -0.119. The van der Waals surface area contributed by atoms with Crippen LogP contribution in [-0.2, 0) is 4.79 Å². The van der Waals surface area contributed by atoms with Crippen LogP contribution in [0.1, 0.15) is 18.6 Å². The highest BCUT2D eigenvalue weighted by Crippen LogP contribution is 2.25. The molecule has 0 aromatic carbocycles. The molecule has 1 heterocycles. The van der Waals surface area contributed by atoms with Gasteiger partial charge in [-0.3, -0.25) is 4.79 Å². The van der Waals surface area contributed by atoms with E-state index in [1.165, 1.54) is 19.2 Å². The van der Waals surface area contributed by atoms with E-state index in [2.05, 4.69) is 10.3 Å². The number of rotatable bonds is 4. The van der Waals surface area contributed by atoms with Crippen LogP contribution in [0.5, 0.6) is 0 Å². The summed E-state index contributed by atoms with van der Waals surface area (Å²) in [6.45, 7) is 1.23. The van der Waals surface area contributed by atoms with E-state index in [9.17, 15) is 15.0 Å². The third kappa shape index (κ3) is 3.85. The first-order valence-corrected chi connectivity index (χ1v) is 5.31. The maximum Gasteiger partial charge on any atom is 0.216 e. The van der Waals surface area contributed by atoms with E-state index in [1.54, 1.807) is 0 Å². The average Bonchev–Trinajstić information content (AvgIpc) is 2.28. The molecule has 0 radical (unpaired) electrons. The van der Waals surface area contributed by atoms with E-state index in [1.807, 2.05) is 0 Å². The minimum absolute atomic E-state index is 0.0635. The lowest BCUT2D eigenvalue weighted by atomic mass is 10.1. The molecule has 7 heteroatoms. The number of halogens is 1. The third-order valence-corrected chi connectivity index (χ3v) is 2.45. The van der Waals surface area contributed by atoms with E-state index in [-0.39, 0.29) is 23.2 Å². The van der Waals surface area contributed by atoms with Crippen LogP contribution in [-0.4, -0.2) is 33.8 Å². The fraction of sp³-hybridized carbons (Fsp3) is 0.400. The van der Waals surface area contributed by atoms with E-state index < -0.39 is 12.2 Å². The van der Waals surface area contributed by atoms with Crippen LogP contribution in [0.2, 0.25) is 5.15 Å². The third-order valence-electron chi connectivity index (χ3n) is 2.13. The van der Waals surface area contributed by atoms with Gasteiger partial charge < -0.3 is 21.3 Å². The topological polar surface area (TPSA) is 108 Å². The second-order valence-electron chi connectivity index (χ2n) is 3.60. The summed E-state index contributed by atoms with van der Waals surface area (Å²) in [5, 5.41) is 21.9. The molecular formula is C10H14ClN3O3. The molecule has 1 aromatic rings.